The lowest BCUT2D eigenvalue weighted by atomic mass is 10.0. The van der Waals surface area contributed by atoms with Gasteiger partial charge in [-0.3, -0.25) is 9.36 Å². The number of nitrogens with one attached hydrogen (secondary N) is 2. The summed E-state index contributed by atoms with van der Waals surface area (Å²) in [6.07, 6.45) is 1.43. The minimum Gasteiger partial charge on any atom is -0.348 e. The number of nitrogens with zero attached hydrogens (tertiary/aromatic N) is 2. The number of imidazole rings is 1. The normalized spacial score (nSPS) is 16.5. The number of fused-ring (bicyclic) bond motifs is 1. The summed E-state index contributed by atoms with van der Waals surface area (Å²) >= 11 is 0. The Morgan fingerprint density at radius 3 is 2.58 bits per heavy atom. The monoisotopic (exact) mass is 432 g/mol. The second-order valence-electron chi connectivity index (χ2n) is 8.00. The van der Waals surface area contributed by atoms with Crippen LogP contribution < -0.4 is 11.0 Å². The van der Waals surface area contributed by atoms with Crippen LogP contribution in [0.1, 0.15) is 36.2 Å². The van der Waals surface area contributed by atoms with Gasteiger partial charge >= 0.3 is 5.69 Å². The largest absolute Gasteiger partial charge is 0.348 e. The predicted molar refractivity (Wildman–Crippen MR) is 111 cm³/mol. The maximum Gasteiger partial charge on any atom is 0.326 e. The third-order valence-electron chi connectivity index (χ3n) is 5.69. The van der Waals surface area contributed by atoms with Gasteiger partial charge in [0, 0.05) is 37.3 Å². The van der Waals surface area contributed by atoms with Crippen molar-refractivity contribution in [3.63, 3.8) is 0 Å². The molecule has 0 saturated carbocycles. The standard InChI is InChI=1S/C22H23F3N4O2/c1-13(26-21(30)14-2-4-17(24)18(25)10-14)12-28-8-6-16(7-9-28)29-20-11-15(23)3-5-19(20)27-22(29)31/h2-5,10-11,13,16H,6-9,12H2,1H3,(H,26,30)(H,27,31)/t13-/m0/s1. The van der Waals surface area contributed by atoms with Crippen LogP contribution in [0.3, 0.4) is 0 Å². The average molecular weight is 432 g/mol. The molecule has 1 aliphatic heterocycles. The van der Waals surface area contributed by atoms with E-state index in [1.165, 1.54) is 18.2 Å². The molecule has 1 aliphatic rings. The summed E-state index contributed by atoms with van der Waals surface area (Å²) in [6.45, 7) is 3.85. The molecule has 2 aromatic carbocycles. The summed E-state index contributed by atoms with van der Waals surface area (Å²) in [7, 11) is 0. The number of carbonyl (C=O) groups is 1. The number of benzene rings is 2. The summed E-state index contributed by atoms with van der Waals surface area (Å²) in [6, 6.07) is 7.07. The highest BCUT2D eigenvalue weighted by Gasteiger charge is 2.25. The molecule has 0 radical (unpaired) electrons. The Bertz CT molecular complexity index is 1170. The predicted octanol–water partition coefficient (Wildman–Crippen LogP) is 3.20. The number of halogens is 3. The summed E-state index contributed by atoms with van der Waals surface area (Å²) in [5, 5.41) is 2.80. The quantitative estimate of drug-likeness (QED) is 0.651. The zero-order valence-electron chi connectivity index (χ0n) is 17.0. The number of likely N-dealkylation sites (tertiary alicyclic amines) is 1. The van der Waals surface area contributed by atoms with Gasteiger partial charge in [0.2, 0.25) is 0 Å². The number of H-pyrrole nitrogens is 1. The van der Waals surface area contributed by atoms with Crippen molar-refractivity contribution in [1.82, 2.24) is 19.8 Å². The SMILES string of the molecule is C[C@@H](CN1CCC(n2c(=O)[nH]c3ccc(F)cc32)CC1)NC(=O)c1ccc(F)c(F)c1. The zero-order chi connectivity index (χ0) is 22.1. The Kier molecular flexibility index (Phi) is 5.86. The molecule has 1 saturated heterocycles. The highest BCUT2D eigenvalue weighted by Crippen LogP contribution is 2.25. The fraction of sp³-hybridized carbons (Fsp3) is 0.364. The first-order chi connectivity index (χ1) is 14.8. The Morgan fingerprint density at radius 1 is 1.13 bits per heavy atom. The first kappa shape index (κ1) is 21.2. The van der Waals surface area contributed by atoms with Crippen molar-refractivity contribution in [3.8, 4) is 0 Å². The minimum atomic E-state index is -1.06. The number of piperidine rings is 1. The Morgan fingerprint density at radius 2 is 1.87 bits per heavy atom. The number of aromatic nitrogens is 2. The average Bonchev–Trinajstić information content (AvgIpc) is 3.05. The van der Waals surface area contributed by atoms with Gasteiger partial charge in [0.05, 0.1) is 11.0 Å². The van der Waals surface area contributed by atoms with E-state index in [4.69, 9.17) is 0 Å². The van der Waals surface area contributed by atoms with Crippen molar-refractivity contribution in [1.29, 1.82) is 0 Å². The number of hydrogen-bond acceptors (Lipinski definition) is 3. The molecule has 4 rings (SSSR count). The lowest BCUT2D eigenvalue weighted by Crippen LogP contribution is -2.45. The van der Waals surface area contributed by atoms with Gasteiger partial charge in [-0.1, -0.05) is 0 Å². The number of hydrogen-bond donors (Lipinski definition) is 2. The molecule has 6 nitrogen and oxygen atoms in total. The Labute approximate surface area is 176 Å². The maximum atomic E-state index is 13.7. The molecule has 0 bridgehead atoms. The number of rotatable bonds is 5. The number of carbonyl (C=O) groups excluding carboxylic acids is 1. The van der Waals surface area contributed by atoms with E-state index in [-0.39, 0.29) is 29.2 Å². The van der Waals surface area contributed by atoms with Crippen molar-refractivity contribution in [2.24, 2.45) is 0 Å². The molecule has 1 atom stereocenters. The molecule has 2 N–H and O–H groups in total. The molecule has 0 aliphatic carbocycles. The van der Waals surface area contributed by atoms with E-state index < -0.39 is 17.5 Å². The van der Waals surface area contributed by atoms with Crippen LogP contribution in [0.4, 0.5) is 13.2 Å². The zero-order valence-corrected chi connectivity index (χ0v) is 17.0. The first-order valence-corrected chi connectivity index (χ1v) is 10.2. The van der Waals surface area contributed by atoms with Crippen LogP contribution in [-0.2, 0) is 0 Å². The molecule has 0 spiro atoms. The fourth-order valence-corrected chi connectivity index (χ4v) is 4.19. The number of amides is 1. The van der Waals surface area contributed by atoms with Crippen molar-refractivity contribution in [2.45, 2.75) is 31.8 Å². The lowest BCUT2D eigenvalue weighted by molar-refractivity contribution is 0.0920. The van der Waals surface area contributed by atoms with E-state index in [1.807, 2.05) is 6.92 Å². The fourth-order valence-electron chi connectivity index (χ4n) is 4.19. The van der Waals surface area contributed by atoms with Crippen molar-refractivity contribution < 1.29 is 18.0 Å². The van der Waals surface area contributed by atoms with Gasteiger partial charge in [-0.05, 0) is 56.2 Å². The van der Waals surface area contributed by atoms with Crippen LogP contribution in [0.15, 0.2) is 41.2 Å². The van der Waals surface area contributed by atoms with Gasteiger partial charge < -0.3 is 15.2 Å². The third-order valence-corrected chi connectivity index (χ3v) is 5.69. The van der Waals surface area contributed by atoms with E-state index >= 15 is 0 Å². The molecular formula is C22H23F3N4O2. The topological polar surface area (TPSA) is 70.1 Å². The highest BCUT2D eigenvalue weighted by molar-refractivity contribution is 5.94. The van der Waals surface area contributed by atoms with E-state index in [9.17, 15) is 22.8 Å². The molecule has 9 heteroatoms. The van der Waals surface area contributed by atoms with E-state index in [1.54, 1.807) is 10.6 Å². The highest BCUT2D eigenvalue weighted by atomic mass is 19.2. The van der Waals surface area contributed by atoms with E-state index in [0.29, 0.717) is 43.5 Å². The Balaban J connectivity index is 1.34. The lowest BCUT2D eigenvalue weighted by Gasteiger charge is -2.34. The van der Waals surface area contributed by atoms with Crippen LogP contribution in [0.25, 0.3) is 11.0 Å². The van der Waals surface area contributed by atoms with Gasteiger partial charge in [-0.25, -0.2) is 18.0 Å². The minimum absolute atomic E-state index is 0.0358. The molecule has 3 aromatic rings. The van der Waals surface area contributed by atoms with Crippen LogP contribution in [0.5, 0.6) is 0 Å². The van der Waals surface area contributed by atoms with Crippen LogP contribution in [0, 0.1) is 17.5 Å². The van der Waals surface area contributed by atoms with Crippen LogP contribution in [-0.4, -0.2) is 46.0 Å². The third kappa shape index (κ3) is 4.51. The molecular weight excluding hydrogens is 409 g/mol. The van der Waals surface area contributed by atoms with Gasteiger partial charge in [-0.2, -0.15) is 0 Å². The van der Waals surface area contributed by atoms with E-state index in [0.717, 1.165) is 12.1 Å². The molecule has 0 unspecified atom stereocenters. The summed E-state index contributed by atoms with van der Waals surface area (Å²) in [5.74, 6) is -2.91. The van der Waals surface area contributed by atoms with E-state index in [2.05, 4.69) is 15.2 Å². The van der Waals surface area contributed by atoms with Gasteiger partial charge in [0.25, 0.3) is 5.91 Å². The van der Waals surface area contributed by atoms with Gasteiger partial charge in [0.15, 0.2) is 11.6 Å². The molecule has 1 fully saturated rings. The second kappa shape index (κ2) is 8.58. The summed E-state index contributed by atoms with van der Waals surface area (Å²) in [5.41, 5.74) is 1.000. The van der Waals surface area contributed by atoms with Gasteiger partial charge in [0.1, 0.15) is 5.82 Å². The van der Waals surface area contributed by atoms with Crippen molar-refractivity contribution in [2.75, 3.05) is 19.6 Å². The summed E-state index contributed by atoms with van der Waals surface area (Å²) in [4.78, 5) is 29.6. The molecule has 2 heterocycles. The first-order valence-electron chi connectivity index (χ1n) is 10.2. The van der Waals surface area contributed by atoms with Crippen molar-refractivity contribution >= 4 is 16.9 Å². The van der Waals surface area contributed by atoms with Gasteiger partial charge in [-0.15, -0.1) is 0 Å². The Hall–Kier alpha value is -3.07. The summed E-state index contributed by atoms with van der Waals surface area (Å²) < 4.78 is 41.7. The van der Waals surface area contributed by atoms with Crippen LogP contribution >= 0.6 is 0 Å². The van der Waals surface area contributed by atoms with Crippen LogP contribution in [0.2, 0.25) is 0 Å². The smallest absolute Gasteiger partial charge is 0.326 e. The molecule has 31 heavy (non-hydrogen) atoms. The molecule has 1 aromatic heterocycles. The van der Waals surface area contributed by atoms with Crippen molar-refractivity contribution in [3.05, 3.63) is 69.9 Å². The number of aromatic amines is 1. The molecule has 164 valence electrons. The molecule has 1 amide bonds. The maximum absolute atomic E-state index is 13.7. The second-order valence-corrected chi connectivity index (χ2v) is 8.00.